The number of anilines is 1. The quantitative estimate of drug-likeness (QED) is 0.634. The van der Waals surface area contributed by atoms with Gasteiger partial charge in [-0.05, 0) is 30.2 Å². The molecule has 1 heterocycles. The summed E-state index contributed by atoms with van der Waals surface area (Å²) in [6.45, 7) is 2.05. The molecule has 0 saturated carbocycles. The van der Waals surface area contributed by atoms with Crippen LogP contribution in [0.4, 0.5) is 5.69 Å². The van der Waals surface area contributed by atoms with Crippen LogP contribution in [-0.2, 0) is 11.2 Å². The van der Waals surface area contributed by atoms with E-state index in [-0.39, 0.29) is 11.7 Å². The van der Waals surface area contributed by atoms with E-state index < -0.39 is 0 Å². The average molecular weight is 369 g/mol. The highest BCUT2D eigenvalue weighted by molar-refractivity contribution is 7.99. The molecule has 0 unspecified atom stereocenters. The van der Waals surface area contributed by atoms with Crippen LogP contribution in [-0.4, -0.2) is 29.0 Å². The SMILES string of the molecule is CCc1ccccc1NC(=O)CSc1nnc(-c2ccccc2OC)o1. The second-order valence-electron chi connectivity index (χ2n) is 5.42. The number of methoxy groups -OCH3 is 1. The first-order valence-electron chi connectivity index (χ1n) is 8.18. The van der Waals surface area contributed by atoms with E-state index in [9.17, 15) is 4.79 Å². The standard InChI is InChI=1S/C19H19N3O3S/c1-3-13-8-4-6-10-15(13)20-17(23)12-26-19-22-21-18(25-19)14-9-5-7-11-16(14)24-2/h4-11H,3,12H2,1-2H3,(H,20,23). The van der Waals surface area contributed by atoms with Crippen LogP contribution < -0.4 is 10.1 Å². The molecular weight excluding hydrogens is 350 g/mol. The Balaban J connectivity index is 1.62. The smallest absolute Gasteiger partial charge is 0.277 e. The Morgan fingerprint density at radius 1 is 1.15 bits per heavy atom. The first-order valence-corrected chi connectivity index (χ1v) is 9.17. The molecule has 3 rings (SSSR count). The molecule has 0 aliphatic carbocycles. The molecule has 0 aliphatic rings. The number of hydrogen-bond acceptors (Lipinski definition) is 6. The van der Waals surface area contributed by atoms with Gasteiger partial charge >= 0.3 is 0 Å². The molecule has 0 aliphatic heterocycles. The van der Waals surface area contributed by atoms with Crippen LogP contribution in [0.2, 0.25) is 0 Å². The number of carbonyl (C=O) groups excluding carboxylic acids is 1. The lowest BCUT2D eigenvalue weighted by molar-refractivity contribution is -0.113. The van der Waals surface area contributed by atoms with Gasteiger partial charge in [0.25, 0.3) is 11.1 Å². The summed E-state index contributed by atoms with van der Waals surface area (Å²) >= 11 is 1.20. The number of para-hydroxylation sites is 2. The van der Waals surface area contributed by atoms with Crippen molar-refractivity contribution in [3.8, 4) is 17.2 Å². The van der Waals surface area contributed by atoms with Gasteiger partial charge in [-0.3, -0.25) is 4.79 Å². The van der Waals surface area contributed by atoms with Gasteiger partial charge < -0.3 is 14.5 Å². The first-order chi connectivity index (χ1) is 12.7. The molecule has 0 fully saturated rings. The predicted molar refractivity (Wildman–Crippen MR) is 101 cm³/mol. The fraction of sp³-hybridized carbons (Fsp3) is 0.211. The summed E-state index contributed by atoms with van der Waals surface area (Å²) < 4.78 is 10.9. The van der Waals surface area contributed by atoms with Crippen LogP contribution >= 0.6 is 11.8 Å². The zero-order chi connectivity index (χ0) is 18.4. The van der Waals surface area contributed by atoms with Crippen LogP contribution in [0.1, 0.15) is 12.5 Å². The minimum absolute atomic E-state index is 0.118. The highest BCUT2D eigenvalue weighted by atomic mass is 32.2. The molecule has 7 heteroatoms. The van der Waals surface area contributed by atoms with Crippen molar-refractivity contribution in [2.75, 3.05) is 18.2 Å². The number of hydrogen-bond donors (Lipinski definition) is 1. The van der Waals surface area contributed by atoms with Crippen molar-refractivity contribution in [3.63, 3.8) is 0 Å². The van der Waals surface area contributed by atoms with Gasteiger partial charge in [0.2, 0.25) is 5.91 Å². The number of carbonyl (C=O) groups is 1. The van der Waals surface area contributed by atoms with Crippen LogP contribution in [0.15, 0.2) is 58.2 Å². The Morgan fingerprint density at radius 3 is 2.73 bits per heavy atom. The van der Waals surface area contributed by atoms with Crippen LogP contribution in [0, 0.1) is 0 Å². The molecule has 0 saturated heterocycles. The minimum atomic E-state index is -0.118. The summed E-state index contributed by atoms with van der Waals surface area (Å²) in [5, 5.41) is 11.3. The van der Waals surface area contributed by atoms with E-state index >= 15 is 0 Å². The van der Waals surface area contributed by atoms with Crippen molar-refractivity contribution in [2.24, 2.45) is 0 Å². The maximum atomic E-state index is 12.2. The number of aromatic nitrogens is 2. The van der Waals surface area contributed by atoms with Gasteiger partial charge in [0.1, 0.15) is 5.75 Å². The number of thioether (sulfide) groups is 1. The first kappa shape index (κ1) is 18.0. The number of nitrogens with one attached hydrogen (secondary N) is 1. The van der Waals surface area contributed by atoms with Gasteiger partial charge in [0, 0.05) is 5.69 Å². The van der Waals surface area contributed by atoms with Crippen molar-refractivity contribution < 1.29 is 13.9 Å². The van der Waals surface area contributed by atoms with Crippen LogP contribution in [0.3, 0.4) is 0 Å². The van der Waals surface area contributed by atoms with Crippen molar-refractivity contribution >= 4 is 23.4 Å². The maximum Gasteiger partial charge on any atom is 0.277 e. The van der Waals surface area contributed by atoms with Crippen molar-refractivity contribution in [1.29, 1.82) is 0 Å². The molecule has 1 aromatic heterocycles. The van der Waals surface area contributed by atoms with Crippen LogP contribution in [0.5, 0.6) is 5.75 Å². The molecule has 6 nitrogen and oxygen atoms in total. The highest BCUT2D eigenvalue weighted by Gasteiger charge is 2.14. The second kappa shape index (κ2) is 8.53. The van der Waals surface area contributed by atoms with Crippen molar-refractivity contribution in [2.45, 2.75) is 18.6 Å². The number of rotatable bonds is 7. The van der Waals surface area contributed by atoms with E-state index in [4.69, 9.17) is 9.15 Å². The van der Waals surface area contributed by atoms with E-state index in [1.807, 2.05) is 48.5 Å². The number of benzene rings is 2. The maximum absolute atomic E-state index is 12.2. The molecular formula is C19H19N3O3S. The third-order valence-corrected chi connectivity index (χ3v) is 4.56. The Morgan fingerprint density at radius 2 is 1.92 bits per heavy atom. The molecule has 26 heavy (non-hydrogen) atoms. The Labute approximate surface area is 156 Å². The molecule has 1 amide bonds. The Kier molecular flexibility index (Phi) is 5.91. The van der Waals surface area contributed by atoms with Gasteiger partial charge in [0.05, 0.1) is 18.4 Å². The molecule has 0 atom stereocenters. The normalized spacial score (nSPS) is 10.5. The largest absolute Gasteiger partial charge is 0.496 e. The van der Waals surface area contributed by atoms with E-state index in [0.29, 0.717) is 16.9 Å². The third kappa shape index (κ3) is 4.23. The lowest BCUT2D eigenvalue weighted by Gasteiger charge is -2.08. The summed E-state index contributed by atoms with van der Waals surface area (Å²) in [6.07, 6.45) is 0.857. The summed E-state index contributed by atoms with van der Waals surface area (Å²) in [5.74, 6) is 1.09. The number of aryl methyl sites for hydroxylation is 1. The number of nitrogens with zero attached hydrogens (tertiary/aromatic N) is 2. The van der Waals surface area contributed by atoms with Gasteiger partial charge in [-0.1, -0.05) is 49.0 Å². The topological polar surface area (TPSA) is 77.2 Å². The van der Waals surface area contributed by atoms with Crippen molar-refractivity contribution in [3.05, 3.63) is 54.1 Å². The second-order valence-corrected chi connectivity index (χ2v) is 6.35. The zero-order valence-electron chi connectivity index (χ0n) is 14.6. The lowest BCUT2D eigenvalue weighted by Crippen LogP contribution is -2.15. The van der Waals surface area contributed by atoms with E-state index in [1.165, 1.54) is 11.8 Å². The Hall–Kier alpha value is -2.80. The molecule has 0 radical (unpaired) electrons. The minimum Gasteiger partial charge on any atom is -0.496 e. The summed E-state index contributed by atoms with van der Waals surface area (Å²) in [5.41, 5.74) is 2.65. The summed E-state index contributed by atoms with van der Waals surface area (Å²) in [6, 6.07) is 15.2. The lowest BCUT2D eigenvalue weighted by atomic mass is 10.1. The molecule has 0 spiro atoms. The average Bonchev–Trinajstić information content (AvgIpc) is 3.15. The van der Waals surface area contributed by atoms with Gasteiger partial charge in [-0.15, -0.1) is 10.2 Å². The zero-order valence-corrected chi connectivity index (χ0v) is 15.4. The number of amides is 1. The van der Waals surface area contributed by atoms with Crippen molar-refractivity contribution in [1.82, 2.24) is 10.2 Å². The highest BCUT2D eigenvalue weighted by Crippen LogP contribution is 2.30. The van der Waals surface area contributed by atoms with Crippen LogP contribution in [0.25, 0.3) is 11.5 Å². The Bertz CT molecular complexity index is 895. The molecule has 1 N–H and O–H groups in total. The van der Waals surface area contributed by atoms with E-state index in [0.717, 1.165) is 23.2 Å². The third-order valence-electron chi connectivity index (χ3n) is 3.74. The predicted octanol–water partition coefficient (Wildman–Crippen LogP) is 4.04. The molecule has 3 aromatic rings. The van der Waals surface area contributed by atoms with Gasteiger partial charge in [-0.2, -0.15) is 0 Å². The fourth-order valence-corrected chi connectivity index (χ4v) is 3.03. The molecule has 0 bridgehead atoms. The fourth-order valence-electron chi connectivity index (χ4n) is 2.46. The number of ether oxygens (including phenoxy) is 1. The molecule has 2 aromatic carbocycles. The van der Waals surface area contributed by atoms with Gasteiger partial charge in [-0.25, -0.2) is 0 Å². The van der Waals surface area contributed by atoms with E-state index in [1.54, 1.807) is 7.11 Å². The van der Waals surface area contributed by atoms with Gasteiger partial charge in [0.15, 0.2) is 0 Å². The summed E-state index contributed by atoms with van der Waals surface area (Å²) in [7, 11) is 1.59. The molecule has 134 valence electrons. The monoisotopic (exact) mass is 369 g/mol. The summed E-state index contributed by atoms with van der Waals surface area (Å²) in [4.78, 5) is 12.2. The van der Waals surface area contributed by atoms with E-state index in [2.05, 4.69) is 22.4 Å².